The van der Waals surface area contributed by atoms with E-state index < -0.39 is 0 Å². The number of Topliss-reactive ketones (excluding diaryl/α,β-unsaturated/α-hetero) is 1. The summed E-state index contributed by atoms with van der Waals surface area (Å²) in [5.41, 5.74) is 2.09. The maximum atomic E-state index is 13.7. The van der Waals surface area contributed by atoms with E-state index in [0.29, 0.717) is 12.1 Å². The maximum absolute atomic E-state index is 13.7. The van der Waals surface area contributed by atoms with Gasteiger partial charge in [-0.2, -0.15) is 0 Å². The molecule has 86 valence electrons. The summed E-state index contributed by atoms with van der Waals surface area (Å²) in [4.78, 5) is 15.4. The molecule has 0 bridgehead atoms. The van der Waals surface area contributed by atoms with E-state index in [1.54, 1.807) is 29.1 Å². The Labute approximate surface area is 97.9 Å². The van der Waals surface area contributed by atoms with Crippen molar-refractivity contribution in [3.05, 3.63) is 47.8 Å². The molecule has 0 saturated carbocycles. The lowest BCUT2D eigenvalue weighted by Gasteiger charge is -2.15. The van der Waals surface area contributed by atoms with Gasteiger partial charge in [0.25, 0.3) is 0 Å². The fourth-order valence-electron chi connectivity index (χ4n) is 2.31. The van der Waals surface area contributed by atoms with Crippen LogP contribution in [0.15, 0.2) is 30.7 Å². The zero-order valence-electron chi connectivity index (χ0n) is 9.19. The minimum absolute atomic E-state index is 0.152. The standard InChI is InChI=1S/C13H11FN2O/c14-10-8-15-6-4-12(10)16-7-5-9-11(16)2-1-3-13(9)17/h4-8H,1-3H2. The number of hydrogen-bond donors (Lipinski definition) is 0. The Morgan fingerprint density at radius 2 is 2.18 bits per heavy atom. The first-order valence-electron chi connectivity index (χ1n) is 5.60. The molecule has 17 heavy (non-hydrogen) atoms. The molecule has 4 heteroatoms. The van der Waals surface area contributed by atoms with Crippen LogP contribution in [0.25, 0.3) is 5.69 Å². The van der Waals surface area contributed by atoms with Gasteiger partial charge in [0.1, 0.15) is 0 Å². The van der Waals surface area contributed by atoms with Gasteiger partial charge in [-0.1, -0.05) is 0 Å². The monoisotopic (exact) mass is 230 g/mol. The molecule has 0 aromatic carbocycles. The van der Waals surface area contributed by atoms with Crippen molar-refractivity contribution in [2.45, 2.75) is 19.3 Å². The smallest absolute Gasteiger partial charge is 0.165 e. The molecule has 2 heterocycles. The Morgan fingerprint density at radius 3 is 3.00 bits per heavy atom. The van der Waals surface area contributed by atoms with Gasteiger partial charge in [-0.15, -0.1) is 0 Å². The molecule has 0 fully saturated rings. The van der Waals surface area contributed by atoms with Crippen LogP contribution in [0.3, 0.4) is 0 Å². The van der Waals surface area contributed by atoms with E-state index in [1.165, 1.54) is 6.20 Å². The Morgan fingerprint density at radius 1 is 1.29 bits per heavy atom. The van der Waals surface area contributed by atoms with Gasteiger partial charge in [-0.25, -0.2) is 4.39 Å². The highest BCUT2D eigenvalue weighted by Gasteiger charge is 2.21. The van der Waals surface area contributed by atoms with Crippen molar-refractivity contribution in [3.63, 3.8) is 0 Å². The second kappa shape index (κ2) is 3.80. The summed E-state index contributed by atoms with van der Waals surface area (Å²) in [6.07, 6.45) is 6.74. The molecule has 1 aliphatic carbocycles. The largest absolute Gasteiger partial charge is 0.317 e. The first kappa shape index (κ1) is 10.2. The number of ketones is 1. The summed E-state index contributed by atoms with van der Waals surface area (Å²) < 4.78 is 15.4. The van der Waals surface area contributed by atoms with Crippen molar-refractivity contribution < 1.29 is 9.18 Å². The molecule has 0 saturated heterocycles. The van der Waals surface area contributed by atoms with Crippen LogP contribution in [0, 0.1) is 5.82 Å². The maximum Gasteiger partial charge on any atom is 0.165 e. The summed E-state index contributed by atoms with van der Waals surface area (Å²) >= 11 is 0. The van der Waals surface area contributed by atoms with E-state index in [2.05, 4.69) is 4.98 Å². The van der Waals surface area contributed by atoms with Crippen molar-refractivity contribution in [2.75, 3.05) is 0 Å². The lowest BCUT2D eigenvalue weighted by molar-refractivity contribution is 0.0972. The van der Waals surface area contributed by atoms with Gasteiger partial charge >= 0.3 is 0 Å². The molecule has 0 amide bonds. The van der Waals surface area contributed by atoms with Crippen LogP contribution < -0.4 is 0 Å². The first-order chi connectivity index (χ1) is 8.27. The zero-order chi connectivity index (χ0) is 11.8. The highest BCUT2D eigenvalue weighted by atomic mass is 19.1. The molecule has 1 aliphatic rings. The SMILES string of the molecule is O=C1CCCc2c1ccn2-c1ccncc1F. The Balaban J connectivity index is 2.17. The number of rotatable bonds is 1. The van der Waals surface area contributed by atoms with Crippen LogP contribution in [0.5, 0.6) is 0 Å². The third-order valence-corrected chi connectivity index (χ3v) is 3.12. The van der Waals surface area contributed by atoms with Gasteiger partial charge in [0.05, 0.1) is 11.9 Å². The fraction of sp³-hybridized carbons (Fsp3) is 0.231. The quantitative estimate of drug-likeness (QED) is 0.754. The number of carbonyl (C=O) groups is 1. The van der Waals surface area contributed by atoms with Gasteiger partial charge in [-0.05, 0) is 25.0 Å². The molecule has 3 nitrogen and oxygen atoms in total. The number of nitrogens with zero attached hydrogens (tertiary/aromatic N) is 2. The van der Waals surface area contributed by atoms with E-state index in [1.807, 2.05) is 0 Å². The highest BCUT2D eigenvalue weighted by molar-refractivity contribution is 5.98. The van der Waals surface area contributed by atoms with E-state index in [-0.39, 0.29) is 11.6 Å². The lowest BCUT2D eigenvalue weighted by atomic mass is 9.97. The summed E-state index contributed by atoms with van der Waals surface area (Å²) in [6, 6.07) is 3.39. The third kappa shape index (κ3) is 1.56. The van der Waals surface area contributed by atoms with Gasteiger partial charge in [0.2, 0.25) is 0 Å². The van der Waals surface area contributed by atoms with Crippen LogP contribution in [0.1, 0.15) is 28.9 Å². The average Bonchev–Trinajstić information content (AvgIpc) is 2.75. The minimum atomic E-state index is -0.371. The van der Waals surface area contributed by atoms with Crippen LogP contribution >= 0.6 is 0 Å². The number of hydrogen-bond acceptors (Lipinski definition) is 2. The Hall–Kier alpha value is -1.97. The fourth-order valence-corrected chi connectivity index (χ4v) is 2.31. The Kier molecular flexibility index (Phi) is 2.28. The van der Waals surface area contributed by atoms with Crippen molar-refractivity contribution in [3.8, 4) is 5.69 Å². The third-order valence-electron chi connectivity index (χ3n) is 3.12. The zero-order valence-corrected chi connectivity index (χ0v) is 9.19. The van der Waals surface area contributed by atoms with Crippen molar-refractivity contribution in [1.82, 2.24) is 9.55 Å². The van der Waals surface area contributed by atoms with E-state index in [4.69, 9.17) is 0 Å². The van der Waals surface area contributed by atoms with Gasteiger partial charge in [0, 0.05) is 30.1 Å². The van der Waals surface area contributed by atoms with Gasteiger partial charge < -0.3 is 4.57 Å². The predicted molar refractivity (Wildman–Crippen MR) is 60.8 cm³/mol. The molecule has 0 unspecified atom stereocenters. The van der Waals surface area contributed by atoms with Crippen molar-refractivity contribution >= 4 is 5.78 Å². The summed E-state index contributed by atoms with van der Waals surface area (Å²) in [7, 11) is 0. The molecule has 2 aromatic rings. The summed E-state index contributed by atoms with van der Waals surface area (Å²) in [5, 5.41) is 0. The average molecular weight is 230 g/mol. The summed E-state index contributed by atoms with van der Waals surface area (Å²) in [5.74, 6) is -0.219. The number of aromatic nitrogens is 2. The van der Waals surface area contributed by atoms with Crippen LogP contribution in [-0.4, -0.2) is 15.3 Å². The van der Waals surface area contributed by atoms with Gasteiger partial charge in [-0.3, -0.25) is 9.78 Å². The normalized spacial score (nSPS) is 14.8. The van der Waals surface area contributed by atoms with E-state index >= 15 is 0 Å². The Bertz CT molecular complexity index is 589. The molecule has 0 N–H and O–H groups in total. The van der Waals surface area contributed by atoms with E-state index in [9.17, 15) is 9.18 Å². The molecule has 0 spiro atoms. The highest BCUT2D eigenvalue weighted by Crippen LogP contribution is 2.25. The van der Waals surface area contributed by atoms with Crippen LogP contribution in [0.4, 0.5) is 4.39 Å². The van der Waals surface area contributed by atoms with Gasteiger partial charge in [0.15, 0.2) is 11.6 Å². The first-order valence-corrected chi connectivity index (χ1v) is 5.60. The molecule has 0 atom stereocenters. The predicted octanol–water partition coefficient (Wildman–Crippen LogP) is 2.53. The minimum Gasteiger partial charge on any atom is -0.317 e. The second-order valence-electron chi connectivity index (χ2n) is 4.15. The number of halogens is 1. The van der Waals surface area contributed by atoms with Crippen LogP contribution in [-0.2, 0) is 6.42 Å². The van der Waals surface area contributed by atoms with Crippen molar-refractivity contribution in [1.29, 1.82) is 0 Å². The lowest BCUT2D eigenvalue weighted by Crippen LogP contribution is -2.12. The number of pyridine rings is 1. The summed E-state index contributed by atoms with van der Waals surface area (Å²) in [6.45, 7) is 0. The second-order valence-corrected chi connectivity index (χ2v) is 4.15. The number of carbonyl (C=O) groups excluding carboxylic acids is 1. The topological polar surface area (TPSA) is 34.9 Å². The van der Waals surface area contributed by atoms with E-state index in [0.717, 1.165) is 24.1 Å². The van der Waals surface area contributed by atoms with Crippen molar-refractivity contribution in [2.24, 2.45) is 0 Å². The molecule has 3 rings (SSSR count). The van der Waals surface area contributed by atoms with Crippen LogP contribution in [0.2, 0.25) is 0 Å². The molecule has 0 radical (unpaired) electrons. The molecular formula is C13H11FN2O. The molecular weight excluding hydrogens is 219 g/mol. The number of fused-ring (bicyclic) bond motifs is 1. The molecule has 2 aromatic heterocycles. The molecule has 0 aliphatic heterocycles.